The quantitative estimate of drug-likeness (QED) is 0.663. The minimum Gasteiger partial charge on any atom is -0.459 e. The van der Waals surface area contributed by atoms with Crippen LogP contribution in [0.4, 0.5) is 10.1 Å². The molecule has 1 N–H and O–H groups in total. The van der Waals surface area contributed by atoms with Gasteiger partial charge in [-0.3, -0.25) is 0 Å². The van der Waals surface area contributed by atoms with Crippen LogP contribution in [0.25, 0.3) is 11.1 Å². The van der Waals surface area contributed by atoms with Crippen molar-refractivity contribution in [2.75, 3.05) is 5.32 Å². The van der Waals surface area contributed by atoms with Crippen molar-refractivity contribution >= 4 is 55.7 Å². The summed E-state index contributed by atoms with van der Waals surface area (Å²) < 4.78 is 20.0. The Balaban J connectivity index is 2.03. The molecule has 98 valence electrons. The number of pyridine rings is 1. The Morgan fingerprint density at radius 2 is 2.37 bits per heavy atom. The van der Waals surface area contributed by atoms with Crippen molar-refractivity contribution in [2.45, 2.75) is 6.54 Å². The molecule has 3 nitrogen and oxygen atoms in total. The molecule has 0 radical (unpaired) electrons. The summed E-state index contributed by atoms with van der Waals surface area (Å²) in [5, 5.41) is 4.80. The molecule has 19 heavy (non-hydrogen) atoms. The second kappa shape index (κ2) is 5.11. The van der Waals surface area contributed by atoms with E-state index in [0.717, 1.165) is 4.88 Å². The highest BCUT2D eigenvalue weighted by molar-refractivity contribution is 9.10. The van der Waals surface area contributed by atoms with Gasteiger partial charge in [0.2, 0.25) is 0 Å². The number of hydrogen-bond donors (Lipinski definition) is 1. The molecule has 0 aliphatic carbocycles. The Hall–Kier alpha value is -1.11. The first-order chi connectivity index (χ1) is 9.16. The van der Waals surface area contributed by atoms with Gasteiger partial charge >= 0.3 is 0 Å². The summed E-state index contributed by atoms with van der Waals surface area (Å²) in [6, 6.07) is 3.91. The van der Waals surface area contributed by atoms with E-state index < -0.39 is 5.82 Å². The zero-order valence-corrected chi connectivity index (χ0v) is 12.6. The lowest BCUT2D eigenvalue weighted by Crippen LogP contribution is -2.02. The summed E-state index contributed by atoms with van der Waals surface area (Å²) in [5.74, 6) is -0.604. The summed E-state index contributed by atoms with van der Waals surface area (Å²) in [6.45, 7) is 0.502. The molecule has 0 saturated heterocycles. The molecule has 7 heteroatoms. The van der Waals surface area contributed by atoms with Crippen molar-refractivity contribution in [3.05, 3.63) is 44.1 Å². The standard InChI is InChI=1S/C12H7BrClFN2OS/c13-7-5-18-11-9(7)17-12(14)8(15)10(11)16-4-6-2-1-3-19-6/h1-3,5H,4H2,(H,16,17). The van der Waals surface area contributed by atoms with Crippen LogP contribution in [0.2, 0.25) is 5.15 Å². The number of nitrogens with one attached hydrogen (secondary N) is 1. The molecule has 0 amide bonds. The van der Waals surface area contributed by atoms with E-state index in [1.54, 1.807) is 11.3 Å². The molecule has 3 heterocycles. The van der Waals surface area contributed by atoms with Gasteiger partial charge in [-0.25, -0.2) is 9.37 Å². The highest BCUT2D eigenvalue weighted by atomic mass is 79.9. The van der Waals surface area contributed by atoms with Gasteiger partial charge in [0.05, 0.1) is 4.47 Å². The zero-order valence-electron chi connectivity index (χ0n) is 9.41. The molecule has 0 spiro atoms. The fraction of sp³-hybridized carbons (Fsp3) is 0.0833. The van der Waals surface area contributed by atoms with E-state index in [1.165, 1.54) is 6.26 Å². The van der Waals surface area contributed by atoms with E-state index >= 15 is 0 Å². The maximum atomic E-state index is 14.0. The first-order valence-corrected chi connectivity index (χ1v) is 7.40. The second-order valence-electron chi connectivity index (χ2n) is 3.79. The highest BCUT2D eigenvalue weighted by Crippen LogP contribution is 2.35. The average Bonchev–Trinajstić information content (AvgIpc) is 3.01. The molecular formula is C12H7BrClFN2OS. The van der Waals surface area contributed by atoms with Gasteiger partial charge in [-0.1, -0.05) is 17.7 Å². The van der Waals surface area contributed by atoms with Crippen LogP contribution >= 0.6 is 38.9 Å². The number of rotatable bonds is 3. The van der Waals surface area contributed by atoms with Crippen LogP contribution in [0, 0.1) is 5.82 Å². The minimum atomic E-state index is -0.604. The summed E-state index contributed by atoms with van der Waals surface area (Å²) in [7, 11) is 0. The number of hydrogen-bond acceptors (Lipinski definition) is 4. The van der Waals surface area contributed by atoms with Crippen molar-refractivity contribution in [1.29, 1.82) is 0 Å². The number of fused-ring (bicyclic) bond motifs is 1. The van der Waals surface area contributed by atoms with E-state index in [4.69, 9.17) is 16.0 Å². The van der Waals surface area contributed by atoms with Crippen molar-refractivity contribution < 1.29 is 8.81 Å². The Labute approximate surface area is 125 Å². The first-order valence-electron chi connectivity index (χ1n) is 5.34. The number of nitrogens with zero attached hydrogens (tertiary/aromatic N) is 1. The van der Waals surface area contributed by atoms with Gasteiger partial charge in [-0.15, -0.1) is 11.3 Å². The van der Waals surface area contributed by atoms with Gasteiger partial charge in [-0.2, -0.15) is 0 Å². The first kappa shape index (κ1) is 12.9. The zero-order chi connectivity index (χ0) is 13.4. The lowest BCUT2D eigenvalue weighted by Gasteiger charge is -2.07. The Kier molecular flexibility index (Phi) is 3.47. The molecule has 0 unspecified atom stereocenters. The molecule has 0 bridgehead atoms. The van der Waals surface area contributed by atoms with Gasteiger partial charge in [0, 0.05) is 11.4 Å². The van der Waals surface area contributed by atoms with Crippen LogP contribution in [0.1, 0.15) is 4.88 Å². The Bertz CT molecular complexity index is 729. The third-order valence-corrected chi connectivity index (χ3v) is 4.27. The lowest BCUT2D eigenvalue weighted by atomic mass is 10.3. The van der Waals surface area contributed by atoms with E-state index in [0.29, 0.717) is 22.1 Å². The number of halogens is 3. The largest absolute Gasteiger partial charge is 0.459 e. The molecule has 0 aliphatic rings. The van der Waals surface area contributed by atoms with Crippen LogP contribution in [-0.2, 0) is 6.54 Å². The molecule has 0 fully saturated rings. The average molecular weight is 362 g/mol. The second-order valence-corrected chi connectivity index (χ2v) is 6.03. The molecule has 3 aromatic rings. The van der Waals surface area contributed by atoms with Crippen molar-refractivity contribution in [2.24, 2.45) is 0 Å². The normalized spacial score (nSPS) is 11.1. The predicted molar refractivity (Wildman–Crippen MR) is 78.3 cm³/mol. The van der Waals surface area contributed by atoms with Gasteiger partial charge < -0.3 is 9.73 Å². The van der Waals surface area contributed by atoms with E-state index in [-0.39, 0.29) is 10.8 Å². The minimum absolute atomic E-state index is 0.178. The number of aromatic nitrogens is 1. The topological polar surface area (TPSA) is 38.1 Å². The summed E-state index contributed by atoms with van der Waals surface area (Å²) in [5.41, 5.74) is 1.08. The van der Waals surface area contributed by atoms with Crippen LogP contribution < -0.4 is 5.32 Å². The third kappa shape index (κ3) is 2.35. The third-order valence-electron chi connectivity index (χ3n) is 2.58. The lowest BCUT2D eigenvalue weighted by molar-refractivity contribution is 0.597. The van der Waals surface area contributed by atoms with Crippen LogP contribution in [0.5, 0.6) is 0 Å². The maximum Gasteiger partial charge on any atom is 0.187 e. The highest BCUT2D eigenvalue weighted by Gasteiger charge is 2.18. The van der Waals surface area contributed by atoms with Crippen LogP contribution in [-0.4, -0.2) is 4.98 Å². The van der Waals surface area contributed by atoms with E-state index in [1.807, 2.05) is 17.5 Å². The molecule has 3 aromatic heterocycles. The van der Waals surface area contributed by atoms with E-state index in [2.05, 4.69) is 26.2 Å². The molecule has 0 atom stereocenters. The van der Waals surface area contributed by atoms with Crippen LogP contribution in [0.15, 0.2) is 32.7 Å². The molecular weight excluding hydrogens is 355 g/mol. The molecule has 3 rings (SSSR count). The molecule has 0 aliphatic heterocycles. The summed E-state index contributed by atoms with van der Waals surface area (Å²) in [4.78, 5) is 5.04. The number of furan rings is 1. The molecule has 0 aromatic carbocycles. The fourth-order valence-electron chi connectivity index (χ4n) is 1.71. The number of anilines is 1. The van der Waals surface area contributed by atoms with Crippen molar-refractivity contribution in [1.82, 2.24) is 4.98 Å². The van der Waals surface area contributed by atoms with Crippen LogP contribution in [0.3, 0.4) is 0 Å². The molecule has 0 saturated carbocycles. The monoisotopic (exact) mass is 360 g/mol. The van der Waals surface area contributed by atoms with Gasteiger partial charge in [0.15, 0.2) is 16.6 Å². The van der Waals surface area contributed by atoms with E-state index in [9.17, 15) is 4.39 Å². The Morgan fingerprint density at radius 1 is 1.53 bits per heavy atom. The van der Waals surface area contributed by atoms with Gasteiger partial charge in [-0.05, 0) is 27.4 Å². The van der Waals surface area contributed by atoms with Gasteiger partial charge in [0.1, 0.15) is 17.5 Å². The number of thiophene rings is 1. The SMILES string of the molecule is Fc1c(Cl)nc2c(Br)coc2c1NCc1cccs1. The smallest absolute Gasteiger partial charge is 0.187 e. The predicted octanol–water partition coefficient (Wildman–Crippen LogP) is 5.06. The summed E-state index contributed by atoms with van der Waals surface area (Å²) >= 11 is 10.7. The fourth-order valence-corrected chi connectivity index (χ4v) is 2.89. The van der Waals surface area contributed by atoms with Crippen molar-refractivity contribution in [3.8, 4) is 0 Å². The summed E-state index contributed by atoms with van der Waals surface area (Å²) in [6.07, 6.45) is 1.46. The maximum absolute atomic E-state index is 14.0. The van der Waals surface area contributed by atoms with Gasteiger partial charge in [0.25, 0.3) is 0 Å². The van der Waals surface area contributed by atoms with Crippen molar-refractivity contribution in [3.63, 3.8) is 0 Å². The Morgan fingerprint density at radius 3 is 3.11 bits per heavy atom.